The molecule has 424 valence electrons. The van der Waals surface area contributed by atoms with E-state index in [4.69, 9.17) is 0 Å². The zero-order chi connectivity index (χ0) is 55.6. The molecular formula is C68H104F3NP2Si3. The molecule has 0 amide bonds. The van der Waals surface area contributed by atoms with Crippen LogP contribution in [-0.4, -0.2) is 28.7 Å². The first-order chi connectivity index (χ1) is 37.4. The Balaban J connectivity index is 1.89. The third-order valence-electron chi connectivity index (χ3n) is 17.3. The highest BCUT2D eigenvalue weighted by Gasteiger charge is 2.42. The second-order valence-electron chi connectivity index (χ2n) is 23.1. The quantitative estimate of drug-likeness (QED) is 0.0281. The van der Waals surface area contributed by atoms with E-state index in [1.54, 1.807) is 16.4 Å². The molecule has 0 aromatic heterocycles. The normalized spacial score (nSPS) is 13.0. The third-order valence-corrected chi connectivity index (χ3v) is 39.3. The Morgan fingerprint density at radius 2 is 0.610 bits per heavy atom. The minimum atomic E-state index is -4.52. The van der Waals surface area contributed by atoms with Gasteiger partial charge in [-0.1, -0.05) is 369 Å². The SMILES string of the molecule is CCCC[Si](CCCC)(CCCC)c1ccc(P(c2ccc([Si](CCCC)(CCCC)CCCC)cc2)N(Cc2ccccc2)P(c2ccc([Si](CCCC)(CCCC)CCCC)cc2)c2ccccc2C(F)(F)F)cc1. The maximum absolute atomic E-state index is 15.9. The molecule has 0 aliphatic heterocycles. The summed E-state index contributed by atoms with van der Waals surface area (Å²) in [5, 5.41) is 8.55. The van der Waals surface area contributed by atoms with Gasteiger partial charge < -0.3 is 0 Å². The number of halogens is 3. The van der Waals surface area contributed by atoms with Crippen LogP contribution < -0.4 is 36.8 Å². The van der Waals surface area contributed by atoms with Gasteiger partial charge in [0.05, 0.1) is 29.8 Å². The Labute approximate surface area is 475 Å². The summed E-state index contributed by atoms with van der Waals surface area (Å²) in [7, 11) is -8.66. The molecule has 1 atom stereocenters. The van der Waals surface area contributed by atoms with Crippen LogP contribution in [0.2, 0.25) is 54.4 Å². The van der Waals surface area contributed by atoms with E-state index in [1.165, 1.54) is 192 Å². The molecule has 0 N–H and O–H groups in total. The van der Waals surface area contributed by atoms with Crippen LogP contribution in [0.4, 0.5) is 13.2 Å². The fourth-order valence-electron chi connectivity index (χ4n) is 12.6. The van der Waals surface area contributed by atoms with Crippen molar-refractivity contribution in [3.63, 3.8) is 0 Å². The first-order valence-electron chi connectivity index (χ1n) is 31.3. The highest BCUT2D eigenvalue weighted by atomic mass is 31.2. The van der Waals surface area contributed by atoms with Gasteiger partial charge in [0.15, 0.2) is 0 Å². The van der Waals surface area contributed by atoms with E-state index >= 15 is 13.2 Å². The van der Waals surface area contributed by atoms with Crippen LogP contribution in [0.1, 0.15) is 189 Å². The summed E-state index contributed by atoms with van der Waals surface area (Å²) < 4.78 is 50.3. The van der Waals surface area contributed by atoms with E-state index in [0.717, 1.165) is 10.9 Å². The van der Waals surface area contributed by atoms with Gasteiger partial charge in [-0.2, -0.15) is 13.2 Å². The second-order valence-corrected chi connectivity index (χ2v) is 41.5. The molecule has 9 heteroatoms. The van der Waals surface area contributed by atoms with E-state index in [-0.39, 0.29) is 0 Å². The van der Waals surface area contributed by atoms with Crippen molar-refractivity contribution in [2.24, 2.45) is 0 Å². The molecular weight excluding hydrogens is 1030 g/mol. The molecule has 77 heavy (non-hydrogen) atoms. The van der Waals surface area contributed by atoms with Crippen molar-refractivity contribution < 1.29 is 13.2 Å². The summed E-state index contributed by atoms with van der Waals surface area (Å²) >= 11 is 0. The molecule has 0 saturated heterocycles. The second kappa shape index (κ2) is 34.0. The van der Waals surface area contributed by atoms with E-state index < -0.39 is 52.1 Å². The molecule has 0 saturated carbocycles. The number of hydrogen-bond acceptors (Lipinski definition) is 1. The number of benzene rings is 5. The van der Waals surface area contributed by atoms with Crippen LogP contribution in [-0.2, 0) is 12.7 Å². The number of unbranched alkanes of at least 4 members (excludes halogenated alkanes) is 9. The predicted molar refractivity (Wildman–Crippen MR) is 349 cm³/mol. The van der Waals surface area contributed by atoms with Crippen molar-refractivity contribution in [3.05, 3.63) is 139 Å². The minimum Gasteiger partial charge on any atom is -0.240 e. The molecule has 5 rings (SSSR count). The van der Waals surface area contributed by atoms with Gasteiger partial charge in [-0.3, -0.25) is 0 Å². The first kappa shape index (κ1) is 65.2. The Kier molecular flexibility index (Phi) is 28.7. The van der Waals surface area contributed by atoms with E-state index in [9.17, 15) is 0 Å². The van der Waals surface area contributed by atoms with Gasteiger partial charge in [-0.25, -0.2) is 4.44 Å². The summed E-state index contributed by atoms with van der Waals surface area (Å²) in [6.45, 7) is 21.6. The Hall–Kier alpha value is -2.64. The first-order valence-corrected chi connectivity index (χ1v) is 41.7. The average molecular weight is 1140 g/mol. The van der Waals surface area contributed by atoms with Gasteiger partial charge in [0.2, 0.25) is 0 Å². The standard InChI is InChI=1S/C68H104F3NP2Si3/c1-10-19-49-75(50-20-11-2,51-21-12-3)63-43-37-60(38-44-63)73(61-39-45-64(46-40-61)76(52-22-13-4,53-23-14-5)54-24-15-6)72(58-59-33-29-28-30-34-59)74(67-36-32-31-35-66(67)68(69,70)71)62-41-47-65(48-42-62)77(55-25-16-7,56-26-17-8)57-27-18-9/h28-48H,10-27,49-58H2,1-9H3. The van der Waals surface area contributed by atoms with Gasteiger partial charge in [0.1, 0.15) is 0 Å². The summed E-state index contributed by atoms with van der Waals surface area (Å²) in [5.74, 6) is 0. The lowest BCUT2D eigenvalue weighted by Gasteiger charge is -2.41. The van der Waals surface area contributed by atoms with Crippen molar-refractivity contribution in [1.29, 1.82) is 0 Å². The molecule has 0 heterocycles. The lowest BCUT2D eigenvalue weighted by molar-refractivity contribution is -0.136. The van der Waals surface area contributed by atoms with Crippen molar-refractivity contribution in [1.82, 2.24) is 4.44 Å². The highest BCUT2D eigenvalue weighted by molar-refractivity contribution is 7.84. The largest absolute Gasteiger partial charge is 0.417 e. The monoisotopic (exact) mass is 1140 g/mol. The zero-order valence-corrected chi connectivity index (χ0v) is 54.7. The third kappa shape index (κ3) is 18.2. The van der Waals surface area contributed by atoms with Crippen LogP contribution in [0.15, 0.2) is 127 Å². The van der Waals surface area contributed by atoms with Gasteiger partial charge in [0.25, 0.3) is 0 Å². The highest BCUT2D eigenvalue weighted by Crippen LogP contribution is 2.57. The minimum absolute atomic E-state index is 0.404. The number of rotatable bonds is 38. The van der Waals surface area contributed by atoms with Crippen LogP contribution in [0.25, 0.3) is 0 Å². The van der Waals surface area contributed by atoms with Crippen LogP contribution in [0.5, 0.6) is 0 Å². The van der Waals surface area contributed by atoms with E-state index in [2.05, 4.69) is 170 Å². The molecule has 0 spiro atoms. The van der Waals surface area contributed by atoms with Crippen LogP contribution in [0, 0.1) is 0 Å². The fraction of sp³-hybridized carbons (Fsp3) is 0.559. The Bertz CT molecular complexity index is 2220. The van der Waals surface area contributed by atoms with Crippen LogP contribution in [0.3, 0.4) is 0 Å². The lowest BCUT2D eigenvalue weighted by atomic mass is 10.2. The number of nitrogens with zero attached hydrogens (tertiary/aromatic N) is 1. The van der Waals surface area contributed by atoms with Gasteiger partial charge >= 0.3 is 6.18 Å². The van der Waals surface area contributed by atoms with Crippen molar-refractivity contribution in [3.8, 4) is 0 Å². The molecule has 1 unspecified atom stereocenters. The Morgan fingerprint density at radius 3 is 0.896 bits per heavy atom. The molecule has 0 bridgehead atoms. The topological polar surface area (TPSA) is 3.24 Å². The van der Waals surface area contributed by atoms with Gasteiger partial charge in [-0.05, 0) is 27.5 Å². The lowest BCUT2D eigenvalue weighted by Crippen LogP contribution is -2.48. The van der Waals surface area contributed by atoms with Gasteiger partial charge in [-0.15, -0.1) is 0 Å². The van der Waals surface area contributed by atoms with Gasteiger partial charge in [0, 0.05) is 28.0 Å². The summed E-state index contributed by atoms with van der Waals surface area (Å²) in [6, 6.07) is 58.5. The zero-order valence-electron chi connectivity index (χ0n) is 49.9. The average Bonchev–Trinajstić information content (AvgIpc) is 3.47. The molecule has 5 aromatic carbocycles. The van der Waals surface area contributed by atoms with E-state index in [0.29, 0.717) is 11.8 Å². The van der Waals surface area contributed by atoms with Crippen molar-refractivity contribution >= 4 is 77.1 Å². The molecule has 5 aromatic rings. The molecule has 0 fully saturated rings. The summed E-state index contributed by atoms with van der Waals surface area (Å²) in [6.07, 6.45) is 17.6. The number of alkyl halides is 3. The van der Waals surface area contributed by atoms with Crippen molar-refractivity contribution in [2.45, 2.75) is 245 Å². The molecule has 0 aliphatic carbocycles. The Morgan fingerprint density at radius 1 is 0.338 bits per heavy atom. The van der Waals surface area contributed by atoms with Crippen molar-refractivity contribution in [2.75, 3.05) is 0 Å². The van der Waals surface area contributed by atoms with E-state index in [1.807, 2.05) is 12.1 Å². The maximum Gasteiger partial charge on any atom is 0.417 e. The predicted octanol–water partition coefficient (Wildman–Crippen LogP) is 19.8. The fourth-order valence-corrected chi connectivity index (χ4v) is 35.5. The molecule has 0 aliphatic rings. The summed E-state index contributed by atoms with van der Waals surface area (Å²) in [4.78, 5) is 0. The smallest absolute Gasteiger partial charge is 0.240 e. The van der Waals surface area contributed by atoms with Crippen LogP contribution >= 0.6 is 16.1 Å². The molecule has 0 radical (unpaired) electrons. The number of hydrogen-bond donors (Lipinski definition) is 0. The molecule has 1 nitrogen and oxygen atoms in total. The maximum atomic E-state index is 15.9. The summed E-state index contributed by atoms with van der Waals surface area (Å²) in [5.41, 5.74) is 0.616.